The van der Waals surface area contributed by atoms with Gasteiger partial charge < -0.3 is 4.74 Å². The van der Waals surface area contributed by atoms with E-state index in [1.807, 2.05) is 13.8 Å². The van der Waals surface area contributed by atoms with Crippen molar-refractivity contribution >= 4 is 22.7 Å². The summed E-state index contributed by atoms with van der Waals surface area (Å²) in [6.45, 7) is 4.44. The molecule has 0 bridgehead atoms. The molecule has 0 aliphatic heterocycles. The number of benzene rings is 1. The van der Waals surface area contributed by atoms with Gasteiger partial charge in [0.05, 0.1) is 12.0 Å². The van der Waals surface area contributed by atoms with Gasteiger partial charge in [0.15, 0.2) is 0 Å². The SMILES string of the molecule is CCCCN([C@H](C)CS)S(=O)(=O)c1ccc(OC)cc1. The van der Waals surface area contributed by atoms with Gasteiger partial charge in [-0.2, -0.15) is 16.9 Å². The highest BCUT2D eigenvalue weighted by Crippen LogP contribution is 2.22. The third-order valence-corrected chi connectivity index (χ3v) is 5.71. The minimum atomic E-state index is -3.48. The Morgan fingerprint density at radius 2 is 1.90 bits per heavy atom. The molecule has 1 atom stereocenters. The lowest BCUT2D eigenvalue weighted by Crippen LogP contribution is -2.40. The summed E-state index contributed by atoms with van der Waals surface area (Å²) >= 11 is 4.23. The second kappa shape index (κ2) is 7.90. The van der Waals surface area contributed by atoms with Gasteiger partial charge in [-0.1, -0.05) is 13.3 Å². The first-order valence-electron chi connectivity index (χ1n) is 6.74. The average Bonchev–Trinajstić information content (AvgIpc) is 2.47. The minimum Gasteiger partial charge on any atom is -0.497 e. The van der Waals surface area contributed by atoms with Crippen LogP contribution < -0.4 is 4.74 Å². The van der Waals surface area contributed by atoms with E-state index in [-0.39, 0.29) is 6.04 Å². The van der Waals surface area contributed by atoms with Gasteiger partial charge in [0, 0.05) is 18.3 Å². The fourth-order valence-corrected chi connectivity index (χ4v) is 3.84. The lowest BCUT2D eigenvalue weighted by atomic mass is 10.3. The van der Waals surface area contributed by atoms with Crippen LogP contribution in [0, 0.1) is 0 Å². The molecular formula is C14H23NO3S2. The van der Waals surface area contributed by atoms with Crippen molar-refractivity contribution in [3.63, 3.8) is 0 Å². The number of thiol groups is 1. The molecular weight excluding hydrogens is 294 g/mol. The highest BCUT2D eigenvalue weighted by molar-refractivity contribution is 7.89. The van der Waals surface area contributed by atoms with Crippen LogP contribution in [0.25, 0.3) is 0 Å². The Morgan fingerprint density at radius 1 is 1.30 bits per heavy atom. The van der Waals surface area contributed by atoms with Gasteiger partial charge >= 0.3 is 0 Å². The maximum atomic E-state index is 12.7. The first kappa shape index (κ1) is 17.3. The topological polar surface area (TPSA) is 46.6 Å². The van der Waals surface area contributed by atoms with Crippen molar-refractivity contribution in [2.24, 2.45) is 0 Å². The van der Waals surface area contributed by atoms with Gasteiger partial charge in [-0.25, -0.2) is 8.42 Å². The zero-order valence-corrected chi connectivity index (χ0v) is 14.0. The van der Waals surface area contributed by atoms with E-state index in [0.717, 1.165) is 12.8 Å². The summed E-state index contributed by atoms with van der Waals surface area (Å²) in [4.78, 5) is 0.294. The average molecular weight is 317 g/mol. The number of hydrogen-bond donors (Lipinski definition) is 1. The molecule has 0 saturated carbocycles. The third kappa shape index (κ3) is 4.14. The molecule has 6 heteroatoms. The molecule has 0 aliphatic rings. The fraction of sp³-hybridized carbons (Fsp3) is 0.571. The van der Waals surface area contributed by atoms with Crippen molar-refractivity contribution in [3.05, 3.63) is 24.3 Å². The van der Waals surface area contributed by atoms with Crippen LogP contribution in [0.4, 0.5) is 0 Å². The summed E-state index contributed by atoms with van der Waals surface area (Å²) in [5, 5.41) is 0. The molecule has 0 aliphatic carbocycles. The molecule has 1 rings (SSSR count). The van der Waals surface area contributed by atoms with Crippen LogP contribution in [0.15, 0.2) is 29.2 Å². The van der Waals surface area contributed by atoms with Crippen LogP contribution in [0.1, 0.15) is 26.7 Å². The molecule has 0 fully saturated rings. The van der Waals surface area contributed by atoms with Crippen LogP contribution in [0.5, 0.6) is 5.75 Å². The third-order valence-electron chi connectivity index (χ3n) is 3.15. The zero-order valence-electron chi connectivity index (χ0n) is 12.2. The van der Waals surface area contributed by atoms with E-state index in [0.29, 0.717) is 22.9 Å². The standard InChI is InChI=1S/C14H23NO3S2/c1-4-5-10-15(12(2)11-19)20(16,17)14-8-6-13(18-3)7-9-14/h6-9,12,19H,4-5,10-11H2,1-3H3/t12-/m1/s1. The van der Waals surface area contributed by atoms with Crippen molar-refractivity contribution in [1.29, 1.82) is 0 Å². The van der Waals surface area contributed by atoms with E-state index in [1.165, 1.54) is 4.31 Å². The second-order valence-corrected chi connectivity index (χ2v) is 6.93. The normalized spacial score (nSPS) is 13.4. The Labute approximate surface area is 127 Å². The van der Waals surface area contributed by atoms with Crippen molar-refractivity contribution in [2.45, 2.75) is 37.6 Å². The number of rotatable bonds is 8. The lowest BCUT2D eigenvalue weighted by molar-refractivity contribution is 0.352. The fourth-order valence-electron chi connectivity index (χ4n) is 1.87. The summed E-state index contributed by atoms with van der Waals surface area (Å²) in [6.07, 6.45) is 1.79. The molecule has 0 spiro atoms. The van der Waals surface area contributed by atoms with Gasteiger partial charge in [0.2, 0.25) is 10.0 Å². The van der Waals surface area contributed by atoms with Crippen LogP contribution >= 0.6 is 12.6 Å². The molecule has 0 N–H and O–H groups in total. The lowest BCUT2D eigenvalue weighted by Gasteiger charge is -2.27. The Morgan fingerprint density at radius 3 is 2.35 bits per heavy atom. The smallest absolute Gasteiger partial charge is 0.243 e. The van der Waals surface area contributed by atoms with E-state index in [2.05, 4.69) is 12.6 Å². The molecule has 0 amide bonds. The number of nitrogens with zero attached hydrogens (tertiary/aromatic N) is 1. The number of hydrogen-bond acceptors (Lipinski definition) is 4. The van der Waals surface area contributed by atoms with Gasteiger partial charge in [-0.05, 0) is 37.6 Å². The van der Waals surface area contributed by atoms with Crippen LogP contribution in [0.2, 0.25) is 0 Å². The predicted octanol–water partition coefficient (Wildman–Crippen LogP) is 2.80. The quantitative estimate of drug-likeness (QED) is 0.750. The monoisotopic (exact) mass is 317 g/mol. The molecule has 0 heterocycles. The maximum Gasteiger partial charge on any atom is 0.243 e. The first-order chi connectivity index (χ1) is 9.47. The molecule has 4 nitrogen and oxygen atoms in total. The van der Waals surface area contributed by atoms with Gasteiger partial charge in [0.1, 0.15) is 5.75 Å². The van der Waals surface area contributed by atoms with E-state index in [4.69, 9.17) is 4.74 Å². The first-order valence-corrected chi connectivity index (χ1v) is 8.81. The van der Waals surface area contributed by atoms with Crippen LogP contribution in [-0.2, 0) is 10.0 Å². The van der Waals surface area contributed by atoms with E-state index >= 15 is 0 Å². The summed E-state index contributed by atoms with van der Waals surface area (Å²) in [6, 6.07) is 6.36. The minimum absolute atomic E-state index is 0.128. The Balaban J connectivity index is 3.07. The molecule has 20 heavy (non-hydrogen) atoms. The Bertz CT molecular complexity index is 500. The van der Waals surface area contributed by atoms with Crippen LogP contribution in [0.3, 0.4) is 0 Å². The summed E-state index contributed by atoms with van der Waals surface area (Å²) < 4.78 is 32.0. The Kier molecular flexibility index (Phi) is 6.85. The number of unbranched alkanes of at least 4 members (excludes halogenated alkanes) is 1. The number of ether oxygens (including phenoxy) is 1. The second-order valence-electron chi connectivity index (χ2n) is 4.68. The number of methoxy groups -OCH3 is 1. The van der Waals surface area contributed by atoms with Crippen molar-refractivity contribution in [3.8, 4) is 5.75 Å². The van der Waals surface area contributed by atoms with E-state index in [9.17, 15) is 8.42 Å². The molecule has 1 aromatic rings. The van der Waals surface area contributed by atoms with Crippen molar-refractivity contribution in [1.82, 2.24) is 4.31 Å². The molecule has 1 aromatic carbocycles. The summed E-state index contributed by atoms with van der Waals surface area (Å²) in [5.74, 6) is 1.14. The largest absolute Gasteiger partial charge is 0.497 e. The predicted molar refractivity (Wildman–Crippen MR) is 85.1 cm³/mol. The van der Waals surface area contributed by atoms with Crippen molar-refractivity contribution < 1.29 is 13.2 Å². The van der Waals surface area contributed by atoms with Crippen molar-refractivity contribution in [2.75, 3.05) is 19.4 Å². The molecule has 0 aromatic heterocycles. The summed E-state index contributed by atoms with van der Waals surface area (Å²) in [5.41, 5.74) is 0. The van der Waals surface area contributed by atoms with Gasteiger partial charge in [-0.3, -0.25) is 0 Å². The highest BCUT2D eigenvalue weighted by Gasteiger charge is 2.27. The highest BCUT2D eigenvalue weighted by atomic mass is 32.2. The van der Waals surface area contributed by atoms with Crippen LogP contribution in [-0.4, -0.2) is 38.2 Å². The molecule has 0 radical (unpaired) electrons. The van der Waals surface area contributed by atoms with Gasteiger partial charge in [-0.15, -0.1) is 0 Å². The number of sulfonamides is 1. The van der Waals surface area contributed by atoms with E-state index in [1.54, 1.807) is 31.4 Å². The molecule has 0 unspecified atom stereocenters. The zero-order chi connectivity index (χ0) is 15.2. The molecule has 0 saturated heterocycles. The van der Waals surface area contributed by atoms with Gasteiger partial charge in [0.25, 0.3) is 0 Å². The maximum absolute atomic E-state index is 12.7. The van der Waals surface area contributed by atoms with E-state index < -0.39 is 10.0 Å². The molecule has 114 valence electrons. The summed E-state index contributed by atoms with van der Waals surface area (Å²) in [7, 11) is -1.93. The Hall–Kier alpha value is -0.720.